The number of para-hydroxylation sites is 1. The Balaban J connectivity index is 1.81. The molecular formula is C22H15ClF3N3O2S3. The lowest BCUT2D eigenvalue weighted by atomic mass is 10.2. The van der Waals surface area contributed by atoms with Gasteiger partial charge in [0, 0.05) is 11.1 Å². The van der Waals surface area contributed by atoms with Gasteiger partial charge in [0.15, 0.2) is 9.84 Å². The van der Waals surface area contributed by atoms with Gasteiger partial charge >= 0.3 is 6.30 Å². The summed E-state index contributed by atoms with van der Waals surface area (Å²) >= 11 is 12.6. The first kappa shape index (κ1) is 24.4. The Labute approximate surface area is 207 Å². The molecule has 0 saturated heterocycles. The van der Waals surface area contributed by atoms with E-state index in [0.29, 0.717) is 26.8 Å². The zero-order chi connectivity index (χ0) is 24.7. The van der Waals surface area contributed by atoms with E-state index in [9.17, 15) is 21.6 Å². The molecule has 176 valence electrons. The first-order valence-electron chi connectivity index (χ1n) is 9.57. The molecule has 2 aromatic heterocycles. The molecular weight excluding hydrogens is 527 g/mol. The Morgan fingerprint density at radius 3 is 2.44 bits per heavy atom. The third-order valence-electron chi connectivity index (χ3n) is 4.68. The van der Waals surface area contributed by atoms with Crippen LogP contribution in [0.3, 0.4) is 0 Å². The summed E-state index contributed by atoms with van der Waals surface area (Å²) in [5.74, 6) is 0. The lowest BCUT2D eigenvalue weighted by Gasteiger charge is -2.09. The van der Waals surface area contributed by atoms with Crippen molar-refractivity contribution in [1.29, 1.82) is 0 Å². The highest BCUT2D eigenvalue weighted by Crippen LogP contribution is 2.37. The highest BCUT2D eigenvalue weighted by atomic mass is 35.5. The molecule has 0 aliphatic carbocycles. The second kappa shape index (κ2) is 9.14. The van der Waals surface area contributed by atoms with E-state index in [1.165, 1.54) is 33.5 Å². The maximum absolute atomic E-state index is 12.8. The molecule has 0 fully saturated rings. The van der Waals surface area contributed by atoms with Gasteiger partial charge in [-0.25, -0.2) is 13.1 Å². The summed E-state index contributed by atoms with van der Waals surface area (Å²) in [6.45, 7) is 0. The van der Waals surface area contributed by atoms with Crippen molar-refractivity contribution in [3.8, 4) is 26.7 Å². The fourth-order valence-corrected chi connectivity index (χ4v) is 5.28. The number of nitrogens with zero attached hydrogens (tertiary/aromatic N) is 2. The zero-order valence-corrected chi connectivity index (χ0v) is 20.5. The standard InChI is InChI=1S/C22H15ClF3N3O2S3/c1-34(30,31)14-6-4-5-13(11-14)19-9-10-20(33-19)18-12-16(21(32)27-22(24,25)26)28-29(18)17-8-3-2-7-15(17)23/h2-12H,1H3,(H,27,32). The molecule has 2 aromatic carbocycles. The van der Waals surface area contributed by atoms with Crippen molar-refractivity contribution in [3.05, 3.63) is 77.4 Å². The number of thiophene rings is 1. The van der Waals surface area contributed by atoms with Gasteiger partial charge in [-0.3, -0.25) is 5.32 Å². The van der Waals surface area contributed by atoms with Gasteiger partial charge in [-0.15, -0.1) is 11.3 Å². The third-order valence-corrected chi connectivity index (χ3v) is 7.58. The number of alkyl halides is 3. The predicted octanol–water partition coefficient (Wildman–Crippen LogP) is 6.11. The maximum atomic E-state index is 12.8. The predicted molar refractivity (Wildman–Crippen MR) is 131 cm³/mol. The van der Waals surface area contributed by atoms with Crippen molar-refractivity contribution in [2.45, 2.75) is 11.2 Å². The van der Waals surface area contributed by atoms with Crippen LogP contribution in [0.5, 0.6) is 0 Å². The highest BCUT2D eigenvalue weighted by molar-refractivity contribution is 7.90. The number of nitrogens with one attached hydrogen (secondary N) is 1. The van der Waals surface area contributed by atoms with Gasteiger partial charge in [-0.05, 0) is 48.0 Å². The number of benzene rings is 2. The van der Waals surface area contributed by atoms with Crippen molar-refractivity contribution in [3.63, 3.8) is 0 Å². The van der Waals surface area contributed by atoms with E-state index in [-0.39, 0.29) is 10.6 Å². The minimum atomic E-state index is -4.70. The Kier molecular flexibility index (Phi) is 6.56. The SMILES string of the molecule is CS(=O)(=O)c1cccc(-c2ccc(-c3cc(C(=S)NC(F)(F)F)nn3-c3ccccc3Cl)s2)c1. The number of halogens is 4. The van der Waals surface area contributed by atoms with Gasteiger partial charge in [-0.1, -0.05) is 48.1 Å². The molecule has 0 atom stereocenters. The van der Waals surface area contributed by atoms with E-state index in [1.54, 1.807) is 54.6 Å². The quantitative estimate of drug-likeness (QED) is 0.244. The third kappa shape index (κ3) is 5.33. The van der Waals surface area contributed by atoms with Crippen molar-refractivity contribution in [2.75, 3.05) is 6.26 Å². The van der Waals surface area contributed by atoms with Gasteiger partial charge in [0.05, 0.1) is 26.2 Å². The summed E-state index contributed by atoms with van der Waals surface area (Å²) < 4.78 is 63.7. The molecule has 12 heteroatoms. The summed E-state index contributed by atoms with van der Waals surface area (Å²) in [4.78, 5) is 1.06. The van der Waals surface area contributed by atoms with E-state index in [2.05, 4.69) is 5.10 Å². The van der Waals surface area contributed by atoms with Crippen LogP contribution in [0.1, 0.15) is 5.69 Å². The molecule has 0 unspecified atom stereocenters. The van der Waals surface area contributed by atoms with Crippen LogP contribution in [0.4, 0.5) is 13.2 Å². The summed E-state index contributed by atoms with van der Waals surface area (Å²) in [5.41, 5.74) is 1.56. The normalized spacial score (nSPS) is 12.0. The number of rotatable bonds is 5. The van der Waals surface area contributed by atoms with Gasteiger partial charge in [0.2, 0.25) is 0 Å². The molecule has 34 heavy (non-hydrogen) atoms. The molecule has 0 bridgehead atoms. The van der Waals surface area contributed by atoms with Crippen LogP contribution in [-0.4, -0.2) is 35.7 Å². The number of thiocarbonyl (C=S) groups is 1. The van der Waals surface area contributed by atoms with E-state index in [1.807, 2.05) is 0 Å². The van der Waals surface area contributed by atoms with Crippen LogP contribution in [0.25, 0.3) is 26.7 Å². The van der Waals surface area contributed by atoms with E-state index in [4.69, 9.17) is 23.8 Å². The van der Waals surface area contributed by atoms with Gasteiger partial charge in [-0.2, -0.15) is 18.3 Å². The molecule has 0 aliphatic rings. The van der Waals surface area contributed by atoms with Crippen LogP contribution in [0, 0.1) is 0 Å². The molecule has 5 nitrogen and oxygen atoms in total. The molecule has 0 amide bonds. The first-order valence-corrected chi connectivity index (χ1v) is 13.1. The number of hydrogen-bond donors (Lipinski definition) is 1. The molecule has 4 rings (SSSR count). The Morgan fingerprint density at radius 2 is 1.76 bits per heavy atom. The molecule has 0 spiro atoms. The van der Waals surface area contributed by atoms with E-state index < -0.39 is 21.1 Å². The minimum absolute atomic E-state index is 0.0729. The summed E-state index contributed by atoms with van der Waals surface area (Å²) in [5, 5.41) is 5.95. The van der Waals surface area contributed by atoms with Gasteiger partial charge < -0.3 is 0 Å². The van der Waals surface area contributed by atoms with Crippen molar-refractivity contribution in [2.24, 2.45) is 0 Å². The van der Waals surface area contributed by atoms with Crippen molar-refractivity contribution >= 4 is 50.0 Å². The second-order valence-electron chi connectivity index (χ2n) is 7.19. The monoisotopic (exact) mass is 541 g/mol. The van der Waals surface area contributed by atoms with Gasteiger partial charge in [0.1, 0.15) is 10.7 Å². The van der Waals surface area contributed by atoms with Crippen LogP contribution in [0.2, 0.25) is 5.02 Å². The van der Waals surface area contributed by atoms with Crippen molar-refractivity contribution in [1.82, 2.24) is 15.1 Å². The first-order chi connectivity index (χ1) is 15.9. The van der Waals surface area contributed by atoms with Crippen LogP contribution >= 0.6 is 35.2 Å². The number of hydrogen-bond acceptors (Lipinski definition) is 5. The number of sulfone groups is 1. The van der Waals surface area contributed by atoms with E-state index in [0.717, 1.165) is 11.1 Å². The Hall–Kier alpha value is -2.73. The highest BCUT2D eigenvalue weighted by Gasteiger charge is 2.30. The largest absolute Gasteiger partial charge is 0.483 e. The number of aromatic nitrogens is 2. The average Bonchev–Trinajstić information content (AvgIpc) is 3.40. The molecule has 0 saturated carbocycles. The summed E-state index contributed by atoms with van der Waals surface area (Å²) in [7, 11) is -3.38. The molecule has 0 radical (unpaired) electrons. The topological polar surface area (TPSA) is 64.0 Å². The minimum Gasteiger partial charge on any atom is -0.286 e. The van der Waals surface area contributed by atoms with Gasteiger partial charge in [0.25, 0.3) is 0 Å². The lowest BCUT2D eigenvalue weighted by molar-refractivity contribution is -0.141. The van der Waals surface area contributed by atoms with Crippen LogP contribution in [-0.2, 0) is 9.84 Å². The van der Waals surface area contributed by atoms with Crippen molar-refractivity contribution < 1.29 is 21.6 Å². The molecule has 2 heterocycles. The van der Waals surface area contributed by atoms with E-state index >= 15 is 0 Å². The molecule has 1 N–H and O–H groups in total. The van der Waals surface area contributed by atoms with Crippen LogP contribution < -0.4 is 5.32 Å². The lowest BCUT2D eigenvalue weighted by Crippen LogP contribution is -2.36. The molecule has 0 aliphatic heterocycles. The smallest absolute Gasteiger partial charge is 0.286 e. The zero-order valence-electron chi connectivity index (χ0n) is 17.3. The Bertz CT molecular complexity index is 1490. The fourth-order valence-electron chi connectivity index (χ4n) is 3.18. The van der Waals surface area contributed by atoms with Crippen LogP contribution in [0.15, 0.2) is 71.6 Å². The Morgan fingerprint density at radius 1 is 1.06 bits per heavy atom. The average molecular weight is 542 g/mol. The second-order valence-corrected chi connectivity index (χ2v) is 11.1. The summed E-state index contributed by atoms with van der Waals surface area (Å²) in [6.07, 6.45) is -3.57. The molecule has 4 aromatic rings. The summed E-state index contributed by atoms with van der Waals surface area (Å²) in [6, 6.07) is 18.3. The fraction of sp³-hybridized carbons (Fsp3) is 0.0909. The maximum Gasteiger partial charge on any atom is 0.483 e.